The first kappa shape index (κ1) is 11.4. The van der Waals surface area contributed by atoms with E-state index in [0.717, 1.165) is 19.9 Å². The van der Waals surface area contributed by atoms with Crippen LogP contribution in [0.3, 0.4) is 0 Å². The smallest absolute Gasteiger partial charge is 0.254 e. The van der Waals surface area contributed by atoms with Gasteiger partial charge in [0.1, 0.15) is 0 Å². The van der Waals surface area contributed by atoms with Crippen molar-refractivity contribution in [2.75, 3.05) is 26.2 Å². The highest BCUT2D eigenvalue weighted by atomic mass is 19.3. The monoisotopic (exact) mass is 206 g/mol. The zero-order chi connectivity index (χ0) is 10.6. The number of carbonyl (C=O) groups excluding carboxylic acids is 1. The molecule has 0 unspecified atom stereocenters. The lowest BCUT2D eigenvalue weighted by Gasteiger charge is -2.21. The Kier molecular flexibility index (Phi) is 3.80. The van der Waals surface area contributed by atoms with E-state index in [1.54, 1.807) is 0 Å². The molecule has 0 atom stereocenters. The van der Waals surface area contributed by atoms with Gasteiger partial charge >= 0.3 is 0 Å². The van der Waals surface area contributed by atoms with Crippen LogP contribution in [0.4, 0.5) is 8.78 Å². The fraction of sp³-hybridized carbons (Fsp3) is 0.889. The molecule has 82 valence electrons. The van der Waals surface area contributed by atoms with Crippen LogP contribution < -0.4 is 5.32 Å². The van der Waals surface area contributed by atoms with Gasteiger partial charge in [-0.25, -0.2) is 8.78 Å². The van der Waals surface area contributed by atoms with Gasteiger partial charge in [-0.1, -0.05) is 0 Å². The van der Waals surface area contributed by atoms with Gasteiger partial charge in [0.2, 0.25) is 5.91 Å². The Balaban J connectivity index is 2.42. The van der Waals surface area contributed by atoms with Crippen molar-refractivity contribution in [1.29, 1.82) is 0 Å². The minimum absolute atomic E-state index is 0.443. The van der Waals surface area contributed by atoms with Crippen LogP contribution in [0.5, 0.6) is 0 Å². The van der Waals surface area contributed by atoms with Crippen LogP contribution >= 0.6 is 0 Å². The third kappa shape index (κ3) is 4.00. The second-order valence-corrected chi connectivity index (χ2v) is 3.73. The van der Waals surface area contributed by atoms with Gasteiger partial charge in [-0.3, -0.25) is 4.79 Å². The fourth-order valence-electron chi connectivity index (χ4n) is 1.47. The molecule has 1 N–H and O–H groups in total. The first-order chi connectivity index (χ1) is 6.49. The van der Waals surface area contributed by atoms with Gasteiger partial charge in [0, 0.05) is 19.6 Å². The van der Waals surface area contributed by atoms with Crippen molar-refractivity contribution in [3.63, 3.8) is 0 Å². The molecular formula is C9H16F2N2O. The summed E-state index contributed by atoms with van der Waals surface area (Å²) in [4.78, 5) is 12.9. The zero-order valence-corrected chi connectivity index (χ0v) is 8.35. The number of nitrogens with one attached hydrogen (secondary N) is 1. The van der Waals surface area contributed by atoms with Gasteiger partial charge in [0.15, 0.2) is 0 Å². The molecule has 1 aliphatic heterocycles. The third-order valence-corrected chi connectivity index (χ3v) is 2.15. The Morgan fingerprint density at radius 1 is 1.43 bits per heavy atom. The molecule has 1 heterocycles. The number of rotatable bonds is 2. The van der Waals surface area contributed by atoms with Gasteiger partial charge in [-0.05, 0) is 19.9 Å². The third-order valence-electron chi connectivity index (χ3n) is 2.15. The highest BCUT2D eigenvalue weighted by Gasteiger charge is 2.28. The van der Waals surface area contributed by atoms with Crippen LogP contribution in [0.1, 0.15) is 19.8 Å². The molecule has 0 aromatic heterocycles. The molecule has 0 aliphatic carbocycles. The maximum atomic E-state index is 12.6. The van der Waals surface area contributed by atoms with Crippen LogP contribution in [-0.4, -0.2) is 42.9 Å². The number of halogens is 2. The number of carbonyl (C=O) groups is 1. The Morgan fingerprint density at radius 3 is 2.79 bits per heavy atom. The second kappa shape index (κ2) is 4.68. The molecule has 0 bridgehead atoms. The molecule has 14 heavy (non-hydrogen) atoms. The fourth-order valence-corrected chi connectivity index (χ4v) is 1.47. The molecule has 0 spiro atoms. The highest BCUT2D eigenvalue weighted by Crippen LogP contribution is 2.18. The van der Waals surface area contributed by atoms with E-state index in [1.807, 2.05) is 0 Å². The number of alkyl halides is 2. The van der Waals surface area contributed by atoms with Crippen LogP contribution in [0.15, 0.2) is 0 Å². The summed E-state index contributed by atoms with van der Waals surface area (Å²) in [6.07, 6.45) is 0.161. The summed E-state index contributed by atoms with van der Waals surface area (Å²) in [5.74, 6) is -3.34. The molecule has 1 rings (SSSR count). The number of hydrogen-bond donors (Lipinski definition) is 1. The minimum Gasteiger partial charge on any atom is -0.341 e. The Bertz CT molecular complexity index is 195. The van der Waals surface area contributed by atoms with Crippen LogP contribution in [0.25, 0.3) is 0 Å². The summed E-state index contributed by atoms with van der Waals surface area (Å²) >= 11 is 0. The average Bonchev–Trinajstić information content (AvgIpc) is 2.27. The first-order valence-electron chi connectivity index (χ1n) is 4.85. The highest BCUT2D eigenvalue weighted by molar-refractivity contribution is 5.77. The van der Waals surface area contributed by atoms with E-state index < -0.39 is 18.3 Å². The van der Waals surface area contributed by atoms with E-state index >= 15 is 0 Å². The zero-order valence-electron chi connectivity index (χ0n) is 8.35. The molecular weight excluding hydrogens is 190 g/mol. The lowest BCUT2D eigenvalue weighted by molar-refractivity contribution is -0.137. The van der Waals surface area contributed by atoms with E-state index in [-0.39, 0.29) is 0 Å². The minimum atomic E-state index is -2.89. The Labute approximate surface area is 82.5 Å². The molecule has 1 saturated heterocycles. The lowest BCUT2D eigenvalue weighted by atomic mass is 10.2. The van der Waals surface area contributed by atoms with Crippen molar-refractivity contribution in [1.82, 2.24) is 10.2 Å². The van der Waals surface area contributed by atoms with Gasteiger partial charge in [0.05, 0.1) is 6.42 Å². The molecule has 0 aromatic rings. The van der Waals surface area contributed by atoms with Crippen molar-refractivity contribution in [3.05, 3.63) is 0 Å². The number of amides is 1. The van der Waals surface area contributed by atoms with Crippen LogP contribution in [-0.2, 0) is 4.79 Å². The van der Waals surface area contributed by atoms with Crippen LogP contribution in [0.2, 0.25) is 0 Å². The SMILES string of the molecule is CC(F)(F)CC(=O)N1CCCNCC1. The molecule has 0 radical (unpaired) electrons. The normalized spacial score (nSPS) is 19.2. The molecule has 0 saturated carbocycles. The van der Waals surface area contributed by atoms with E-state index in [2.05, 4.69) is 5.32 Å². The second-order valence-electron chi connectivity index (χ2n) is 3.73. The van der Waals surface area contributed by atoms with Gasteiger partial charge in [0.25, 0.3) is 5.92 Å². The Morgan fingerprint density at radius 2 is 2.14 bits per heavy atom. The topological polar surface area (TPSA) is 32.3 Å². The number of hydrogen-bond acceptors (Lipinski definition) is 2. The van der Waals surface area contributed by atoms with E-state index in [9.17, 15) is 13.6 Å². The average molecular weight is 206 g/mol. The van der Waals surface area contributed by atoms with Crippen molar-refractivity contribution >= 4 is 5.91 Å². The van der Waals surface area contributed by atoms with Gasteiger partial charge in [-0.15, -0.1) is 0 Å². The Hall–Kier alpha value is -0.710. The first-order valence-corrected chi connectivity index (χ1v) is 4.85. The summed E-state index contributed by atoms with van der Waals surface area (Å²) < 4.78 is 25.1. The molecule has 1 amide bonds. The van der Waals surface area contributed by atoms with E-state index in [1.165, 1.54) is 4.90 Å². The van der Waals surface area contributed by atoms with Crippen molar-refractivity contribution in [2.45, 2.75) is 25.7 Å². The van der Waals surface area contributed by atoms with Crippen molar-refractivity contribution in [3.8, 4) is 0 Å². The molecule has 1 aliphatic rings. The van der Waals surface area contributed by atoms with E-state index in [0.29, 0.717) is 19.6 Å². The van der Waals surface area contributed by atoms with Crippen molar-refractivity contribution < 1.29 is 13.6 Å². The standard InChI is InChI=1S/C9H16F2N2O/c1-9(10,11)7-8(14)13-5-2-3-12-4-6-13/h12H,2-7H2,1H3. The van der Waals surface area contributed by atoms with Gasteiger partial charge < -0.3 is 10.2 Å². The summed E-state index contributed by atoms with van der Waals surface area (Å²) in [5.41, 5.74) is 0. The largest absolute Gasteiger partial charge is 0.341 e. The summed E-state index contributed by atoms with van der Waals surface area (Å²) in [5, 5.41) is 3.11. The quantitative estimate of drug-likeness (QED) is 0.726. The lowest BCUT2D eigenvalue weighted by Crippen LogP contribution is -2.36. The molecule has 5 heteroatoms. The summed E-state index contributed by atoms with van der Waals surface area (Å²) in [6.45, 7) is 3.45. The van der Waals surface area contributed by atoms with Gasteiger partial charge in [-0.2, -0.15) is 0 Å². The van der Waals surface area contributed by atoms with Crippen LogP contribution in [0, 0.1) is 0 Å². The maximum Gasteiger partial charge on any atom is 0.254 e. The predicted octanol–water partition coefficient (Wildman–Crippen LogP) is 0.854. The molecule has 0 aromatic carbocycles. The predicted molar refractivity (Wildman–Crippen MR) is 49.3 cm³/mol. The summed E-state index contributed by atoms with van der Waals surface area (Å²) in [6, 6.07) is 0. The van der Waals surface area contributed by atoms with E-state index in [4.69, 9.17) is 0 Å². The molecule has 1 fully saturated rings. The number of nitrogens with zero attached hydrogens (tertiary/aromatic N) is 1. The summed E-state index contributed by atoms with van der Waals surface area (Å²) in [7, 11) is 0. The maximum absolute atomic E-state index is 12.6. The molecule has 3 nitrogen and oxygen atoms in total. The van der Waals surface area contributed by atoms with Crippen molar-refractivity contribution in [2.24, 2.45) is 0 Å².